The molecule has 7 heteroatoms. The molecule has 5 N–H and O–H groups in total. The summed E-state index contributed by atoms with van der Waals surface area (Å²) in [4.78, 5) is 16.2. The molecule has 1 aliphatic heterocycles. The van der Waals surface area contributed by atoms with E-state index in [-0.39, 0.29) is 35.3 Å². The fourth-order valence-corrected chi connectivity index (χ4v) is 8.03. The van der Waals surface area contributed by atoms with Crippen molar-refractivity contribution in [1.29, 1.82) is 0 Å². The molecule has 7 rings (SSSR count). The van der Waals surface area contributed by atoms with Gasteiger partial charge in [0.25, 0.3) is 5.91 Å². The maximum atomic E-state index is 13.8. The van der Waals surface area contributed by atoms with Crippen molar-refractivity contribution in [2.75, 3.05) is 18.4 Å². The number of aliphatic hydroxyl groups is 2. The Bertz CT molecular complexity index is 1560. The molecule has 3 aromatic rings. The number of phenols is 2. The number of fused-ring (bicyclic) bond motifs is 1. The molecule has 1 saturated carbocycles. The lowest BCUT2D eigenvalue weighted by atomic mass is 9.46. The van der Waals surface area contributed by atoms with Gasteiger partial charge >= 0.3 is 0 Å². The molecule has 1 amide bonds. The number of aromatic hydroxyl groups is 2. The van der Waals surface area contributed by atoms with E-state index in [0.29, 0.717) is 36.6 Å². The van der Waals surface area contributed by atoms with Gasteiger partial charge in [-0.05, 0) is 73.0 Å². The van der Waals surface area contributed by atoms with Crippen LogP contribution in [-0.2, 0) is 16.6 Å². The van der Waals surface area contributed by atoms with Crippen LogP contribution >= 0.6 is 0 Å². The van der Waals surface area contributed by atoms with Crippen molar-refractivity contribution in [2.45, 2.75) is 56.1 Å². The second-order valence-electron chi connectivity index (χ2n) is 12.4. The third kappa shape index (κ3) is 3.90. The van der Waals surface area contributed by atoms with Gasteiger partial charge in [0.05, 0.1) is 11.2 Å². The van der Waals surface area contributed by atoms with E-state index in [2.05, 4.69) is 10.2 Å². The molecule has 1 heterocycles. The van der Waals surface area contributed by atoms with Crippen LogP contribution in [0.15, 0.2) is 78.1 Å². The maximum Gasteiger partial charge on any atom is 0.255 e. The summed E-state index contributed by atoms with van der Waals surface area (Å²) in [5, 5.41) is 49.1. The first-order valence-corrected chi connectivity index (χ1v) is 14.6. The first-order valence-electron chi connectivity index (χ1n) is 14.6. The zero-order valence-electron chi connectivity index (χ0n) is 23.2. The molecule has 4 atom stereocenters. The molecular weight excluding hydrogens is 516 g/mol. The lowest BCUT2D eigenvalue weighted by Crippen LogP contribution is -2.75. The third-order valence-electron chi connectivity index (χ3n) is 10.3. The molecule has 3 aromatic carbocycles. The van der Waals surface area contributed by atoms with Crippen LogP contribution < -0.4 is 5.32 Å². The van der Waals surface area contributed by atoms with Crippen molar-refractivity contribution >= 4 is 11.6 Å². The summed E-state index contributed by atoms with van der Waals surface area (Å²) < 4.78 is 0. The number of hydrogen-bond acceptors (Lipinski definition) is 6. The monoisotopic (exact) mass is 552 g/mol. The Hall–Kier alpha value is -3.81. The van der Waals surface area contributed by atoms with E-state index in [1.807, 2.05) is 67.6 Å². The Morgan fingerprint density at radius 3 is 2.51 bits per heavy atom. The predicted molar refractivity (Wildman–Crippen MR) is 157 cm³/mol. The Morgan fingerprint density at radius 1 is 1.00 bits per heavy atom. The van der Waals surface area contributed by atoms with Gasteiger partial charge in [0.15, 0.2) is 11.5 Å². The highest BCUT2D eigenvalue weighted by atomic mass is 16.3. The normalized spacial score (nSPS) is 29.0. The number of anilines is 1. The summed E-state index contributed by atoms with van der Waals surface area (Å²) in [6, 6.07) is 20.5. The van der Waals surface area contributed by atoms with Crippen LogP contribution in [0.1, 0.15) is 43.7 Å². The van der Waals surface area contributed by atoms with Crippen molar-refractivity contribution in [2.24, 2.45) is 11.8 Å². The first-order chi connectivity index (χ1) is 19.7. The van der Waals surface area contributed by atoms with E-state index >= 15 is 0 Å². The largest absolute Gasteiger partial charge is 0.512 e. The third-order valence-corrected chi connectivity index (χ3v) is 10.3. The van der Waals surface area contributed by atoms with Gasteiger partial charge in [0.1, 0.15) is 5.76 Å². The van der Waals surface area contributed by atoms with Gasteiger partial charge in [0, 0.05) is 41.6 Å². The van der Waals surface area contributed by atoms with E-state index in [1.54, 1.807) is 0 Å². The highest BCUT2D eigenvalue weighted by Gasteiger charge is 2.69. The Morgan fingerprint density at radius 2 is 1.76 bits per heavy atom. The number of amides is 1. The van der Waals surface area contributed by atoms with Crippen LogP contribution in [-0.4, -0.2) is 56.0 Å². The fraction of sp³-hybridized carbons (Fsp3) is 0.382. The van der Waals surface area contributed by atoms with Gasteiger partial charge in [-0.1, -0.05) is 55.5 Å². The number of hydrogen-bond donors (Lipinski definition) is 5. The number of likely N-dealkylation sites (tertiary alicyclic amines) is 1. The van der Waals surface area contributed by atoms with Crippen molar-refractivity contribution < 1.29 is 25.2 Å². The Labute approximate surface area is 239 Å². The lowest BCUT2D eigenvalue weighted by Gasteiger charge is -2.65. The summed E-state index contributed by atoms with van der Waals surface area (Å²) in [7, 11) is 0. The van der Waals surface area contributed by atoms with E-state index in [4.69, 9.17) is 0 Å². The van der Waals surface area contributed by atoms with Gasteiger partial charge in [-0.3, -0.25) is 9.69 Å². The van der Waals surface area contributed by atoms with Crippen LogP contribution in [0.4, 0.5) is 5.69 Å². The highest BCUT2D eigenvalue weighted by molar-refractivity contribution is 6.05. The number of carbonyl (C=O) groups is 1. The second kappa shape index (κ2) is 9.36. The number of piperidine rings is 1. The number of allylic oxidation sites excluding steroid dienone is 1. The maximum absolute atomic E-state index is 13.8. The molecule has 0 aromatic heterocycles. The molecule has 41 heavy (non-hydrogen) atoms. The molecule has 4 aliphatic rings. The summed E-state index contributed by atoms with van der Waals surface area (Å²) >= 11 is 0. The number of benzene rings is 3. The van der Waals surface area contributed by atoms with Gasteiger partial charge in [-0.25, -0.2) is 0 Å². The molecule has 0 radical (unpaired) electrons. The number of carbonyl (C=O) groups excluding carboxylic acids is 1. The standard InChI is InChI=1S/C34H36N2O5/c1-20-30(38)26(32(40)35-25-9-5-8-23(16-25)22-6-3-2-4-7-22)18-34(41)28-17-24-12-13-27(37)31(39)29(24)33(20,34)14-15-36(28)19-21-10-11-21/h2-9,12-13,16,20-21,28,37-39,41H,10-11,14-15,17-19H2,1H3,(H,35,40)/t20-,28+,33+,34+/m0/s1. The zero-order valence-corrected chi connectivity index (χ0v) is 23.2. The number of nitrogens with one attached hydrogen (secondary N) is 1. The first kappa shape index (κ1) is 26.1. The predicted octanol–water partition coefficient (Wildman–Crippen LogP) is 5.26. The average Bonchev–Trinajstić information content (AvgIpc) is 3.79. The minimum atomic E-state index is -1.43. The van der Waals surface area contributed by atoms with Crippen LogP contribution in [0, 0.1) is 11.8 Å². The van der Waals surface area contributed by atoms with Crippen molar-refractivity contribution in [3.8, 4) is 22.6 Å². The van der Waals surface area contributed by atoms with E-state index < -0.39 is 22.8 Å². The zero-order chi connectivity index (χ0) is 28.5. The SMILES string of the molecule is C[C@H]1C(O)=C(C(=O)Nc2cccc(-c3ccccc3)c2)C[C@@]2(O)[C@H]3Cc4ccc(O)c(O)c4[C@@]12CCN3CC1CC1. The number of rotatable bonds is 5. The number of aliphatic hydroxyl groups excluding tert-OH is 1. The van der Waals surface area contributed by atoms with Gasteiger partial charge < -0.3 is 25.7 Å². The molecule has 212 valence electrons. The van der Waals surface area contributed by atoms with E-state index in [9.17, 15) is 25.2 Å². The van der Waals surface area contributed by atoms with Crippen LogP contribution in [0.3, 0.4) is 0 Å². The van der Waals surface area contributed by atoms with Crippen molar-refractivity contribution in [3.05, 3.63) is 89.2 Å². The fourth-order valence-electron chi connectivity index (χ4n) is 8.03. The number of nitrogens with zero attached hydrogens (tertiary/aromatic N) is 1. The van der Waals surface area contributed by atoms with E-state index in [1.165, 1.54) is 18.9 Å². The van der Waals surface area contributed by atoms with Crippen LogP contribution in [0.2, 0.25) is 0 Å². The average molecular weight is 553 g/mol. The van der Waals surface area contributed by atoms with Crippen molar-refractivity contribution in [3.63, 3.8) is 0 Å². The summed E-state index contributed by atoms with van der Waals surface area (Å²) in [5.41, 5.74) is 1.67. The molecule has 2 fully saturated rings. The molecule has 3 aliphatic carbocycles. The second-order valence-corrected chi connectivity index (χ2v) is 12.4. The highest BCUT2D eigenvalue weighted by Crippen LogP contribution is 2.64. The molecule has 1 saturated heterocycles. The van der Waals surface area contributed by atoms with Gasteiger partial charge in [0.2, 0.25) is 0 Å². The van der Waals surface area contributed by atoms with Crippen LogP contribution in [0.25, 0.3) is 11.1 Å². The summed E-state index contributed by atoms with van der Waals surface area (Å²) in [6.07, 6.45) is 3.31. The lowest BCUT2D eigenvalue weighted by molar-refractivity contribution is -0.171. The smallest absolute Gasteiger partial charge is 0.255 e. The van der Waals surface area contributed by atoms with Gasteiger partial charge in [-0.2, -0.15) is 0 Å². The molecule has 0 unspecified atom stereocenters. The van der Waals surface area contributed by atoms with E-state index in [0.717, 1.165) is 23.2 Å². The quantitative estimate of drug-likeness (QED) is 0.276. The topological polar surface area (TPSA) is 113 Å². The summed E-state index contributed by atoms with van der Waals surface area (Å²) in [5.74, 6) is -1.03. The Kier molecular flexibility index (Phi) is 5.96. The Balaban J connectivity index is 1.29. The molecular formula is C34H36N2O5. The minimum Gasteiger partial charge on any atom is -0.512 e. The van der Waals surface area contributed by atoms with Crippen LogP contribution in [0.5, 0.6) is 11.5 Å². The molecule has 7 nitrogen and oxygen atoms in total. The molecule has 2 bridgehead atoms. The molecule has 0 spiro atoms. The minimum absolute atomic E-state index is 0.0479. The van der Waals surface area contributed by atoms with Gasteiger partial charge in [-0.15, -0.1) is 0 Å². The number of phenolic OH excluding ortho intramolecular Hbond substituents is 2. The van der Waals surface area contributed by atoms with Crippen molar-refractivity contribution in [1.82, 2.24) is 4.90 Å². The summed E-state index contributed by atoms with van der Waals surface area (Å²) in [6.45, 7) is 3.43.